The summed E-state index contributed by atoms with van der Waals surface area (Å²) in [6.07, 6.45) is 6.94. The van der Waals surface area contributed by atoms with Crippen LogP contribution in [0.15, 0.2) is 40.3 Å². The van der Waals surface area contributed by atoms with Gasteiger partial charge in [-0.25, -0.2) is 0 Å². The van der Waals surface area contributed by atoms with Crippen molar-refractivity contribution in [1.29, 1.82) is 0 Å². The van der Waals surface area contributed by atoms with Crippen LogP contribution >= 0.6 is 39.5 Å². The number of nitrogens with one attached hydrogen (secondary N) is 1. The van der Waals surface area contributed by atoms with E-state index in [9.17, 15) is 0 Å². The highest BCUT2D eigenvalue weighted by Gasteiger charge is 2.44. The maximum absolute atomic E-state index is 5.72. The van der Waals surface area contributed by atoms with E-state index in [2.05, 4.69) is 48.6 Å². The molecule has 3 nitrogen and oxygen atoms in total. The van der Waals surface area contributed by atoms with Crippen LogP contribution in [-0.2, 0) is 0 Å². The highest BCUT2D eigenvalue weighted by atomic mass is 79.9. The Balaban J connectivity index is 1.75. The first-order chi connectivity index (χ1) is 11.2. The second-order valence-electron chi connectivity index (χ2n) is 6.14. The molecule has 23 heavy (non-hydrogen) atoms. The molecule has 1 N–H and O–H groups in total. The quantitative estimate of drug-likeness (QED) is 0.737. The summed E-state index contributed by atoms with van der Waals surface area (Å²) in [5.74, 6) is 0. The maximum atomic E-state index is 5.72. The Labute approximate surface area is 154 Å². The van der Waals surface area contributed by atoms with Crippen molar-refractivity contribution in [2.24, 2.45) is 0 Å². The van der Waals surface area contributed by atoms with E-state index in [-0.39, 0.29) is 12.1 Å². The van der Waals surface area contributed by atoms with Crippen LogP contribution in [0.2, 0.25) is 0 Å². The lowest BCUT2D eigenvalue weighted by Gasteiger charge is -2.32. The van der Waals surface area contributed by atoms with Crippen LogP contribution in [0.3, 0.4) is 0 Å². The van der Waals surface area contributed by atoms with Crippen LogP contribution in [0.25, 0.3) is 0 Å². The van der Waals surface area contributed by atoms with Gasteiger partial charge in [0.15, 0.2) is 5.11 Å². The number of pyridine rings is 1. The summed E-state index contributed by atoms with van der Waals surface area (Å²) in [5, 5.41) is 6.57. The largest absolute Gasteiger partial charge is 0.352 e. The number of hydrogen-bond acceptors (Lipinski definition) is 3. The second kappa shape index (κ2) is 6.49. The molecule has 0 spiro atoms. The number of thiocarbonyl (C=S) groups is 1. The molecule has 6 heteroatoms. The molecule has 1 saturated carbocycles. The number of rotatable bonds is 3. The van der Waals surface area contributed by atoms with Crippen LogP contribution < -0.4 is 5.32 Å². The fourth-order valence-corrected chi connectivity index (χ4v) is 5.70. The number of aromatic nitrogens is 1. The molecule has 2 aromatic heterocycles. The summed E-state index contributed by atoms with van der Waals surface area (Å²) in [7, 11) is 0. The molecule has 2 aliphatic rings. The zero-order chi connectivity index (χ0) is 15.8. The minimum atomic E-state index is 0.120. The first-order valence-electron chi connectivity index (χ1n) is 7.98. The third-order valence-corrected chi connectivity index (χ3v) is 6.83. The normalized spacial score (nSPS) is 25.1. The predicted octanol–water partition coefficient (Wildman–Crippen LogP) is 4.82. The van der Waals surface area contributed by atoms with Gasteiger partial charge in [-0.15, -0.1) is 11.3 Å². The average Bonchev–Trinajstić information content (AvgIpc) is 3.27. The average molecular weight is 408 g/mol. The van der Waals surface area contributed by atoms with Gasteiger partial charge in [-0.3, -0.25) is 4.98 Å². The zero-order valence-corrected chi connectivity index (χ0v) is 15.8. The minimum Gasteiger partial charge on any atom is -0.352 e. The lowest BCUT2D eigenvalue weighted by atomic mass is 10.0. The monoisotopic (exact) mass is 407 g/mol. The second-order valence-corrected chi connectivity index (χ2v) is 8.38. The maximum Gasteiger partial charge on any atom is 0.170 e. The lowest BCUT2D eigenvalue weighted by molar-refractivity contribution is 0.249. The van der Waals surface area contributed by atoms with Crippen molar-refractivity contribution < 1.29 is 0 Å². The van der Waals surface area contributed by atoms with Gasteiger partial charge in [-0.05, 0) is 59.2 Å². The standard InChI is InChI=1S/C17H18BrN3S2/c18-11-9-14(23-10-11)16-15(13-7-3-4-8-19-13)20-17(22)21(16)12-5-1-2-6-12/h3-4,7-10,12,15-16H,1-2,5-6H2,(H,20,22)/t15-,16+/m1/s1. The lowest BCUT2D eigenvalue weighted by Crippen LogP contribution is -2.37. The molecule has 0 aromatic carbocycles. The van der Waals surface area contributed by atoms with Crippen LogP contribution in [0, 0.1) is 0 Å². The van der Waals surface area contributed by atoms with Gasteiger partial charge < -0.3 is 10.2 Å². The highest BCUT2D eigenvalue weighted by molar-refractivity contribution is 9.10. The van der Waals surface area contributed by atoms with E-state index in [1.807, 2.05) is 18.3 Å². The number of thiophene rings is 1. The van der Waals surface area contributed by atoms with Gasteiger partial charge in [0.2, 0.25) is 0 Å². The molecule has 0 bridgehead atoms. The summed E-state index contributed by atoms with van der Waals surface area (Å²) in [4.78, 5) is 8.37. The van der Waals surface area contributed by atoms with Crippen LogP contribution in [0.4, 0.5) is 0 Å². The minimum absolute atomic E-state index is 0.120. The van der Waals surface area contributed by atoms with Crippen molar-refractivity contribution in [1.82, 2.24) is 15.2 Å². The van der Waals surface area contributed by atoms with E-state index >= 15 is 0 Å². The van der Waals surface area contributed by atoms with E-state index < -0.39 is 0 Å². The number of nitrogens with zero attached hydrogens (tertiary/aromatic N) is 2. The molecule has 0 unspecified atom stereocenters. The first kappa shape index (κ1) is 15.5. The van der Waals surface area contributed by atoms with Crippen LogP contribution in [0.1, 0.15) is 48.3 Å². The Bertz CT molecular complexity index is 697. The van der Waals surface area contributed by atoms with E-state index in [1.165, 1.54) is 30.6 Å². The van der Waals surface area contributed by atoms with Gasteiger partial charge in [0.1, 0.15) is 0 Å². The molecule has 4 rings (SSSR count). The van der Waals surface area contributed by atoms with Crippen molar-refractivity contribution in [3.63, 3.8) is 0 Å². The Morgan fingerprint density at radius 2 is 2.13 bits per heavy atom. The Hall–Kier alpha value is -0.980. The van der Waals surface area contributed by atoms with Crippen LogP contribution in [0.5, 0.6) is 0 Å². The molecule has 0 amide bonds. The fraction of sp³-hybridized carbons (Fsp3) is 0.412. The summed E-state index contributed by atoms with van der Waals surface area (Å²) >= 11 is 11.1. The van der Waals surface area contributed by atoms with Crippen molar-refractivity contribution in [2.45, 2.75) is 43.8 Å². The van der Waals surface area contributed by atoms with Crippen molar-refractivity contribution in [3.05, 3.63) is 50.9 Å². The zero-order valence-electron chi connectivity index (χ0n) is 12.6. The summed E-state index contributed by atoms with van der Waals surface area (Å²) < 4.78 is 1.14. The third kappa shape index (κ3) is 2.92. The summed E-state index contributed by atoms with van der Waals surface area (Å²) in [6.45, 7) is 0. The fourth-order valence-electron chi connectivity index (χ4n) is 3.73. The van der Waals surface area contributed by atoms with Crippen LogP contribution in [-0.4, -0.2) is 21.0 Å². The molecule has 120 valence electrons. The molecule has 1 aliphatic heterocycles. The summed E-state index contributed by atoms with van der Waals surface area (Å²) in [5.41, 5.74) is 1.06. The smallest absolute Gasteiger partial charge is 0.170 e. The SMILES string of the molecule is S=C1N[C@H](c2ccccn2)[C@H](c2cc(Br)cs2)N1C1CCCC1. The Kier molecular flexibility index (Phi) is 4.39. The number of hydrogen-bond donors (Lipinski definition) is 1. The van der Waals surface area contributed by atoms with Gasteiger partial charge in [-0.1, -0.05) is 18.9 Å². The summed E-state index contributed by atoms with van der Waals surface area (Å²) in [6, 6.07) is 9.23. The van der Waals surface area contributed by atoms with E-state index in [4.69, 9.17) is 12.2 Å². The molecular formula is C17H18BrN3S2. The first-order valence-corrected chi connectivity index (χ1v) is 10.1. The van der Waals surface area contributed by atoms with Gasteiger partial charge in [0.05, 0.1) is 17.8 Å². The third-order valence-electron chi connectivity index (χ3n) is 4.73. The molecule has 2 aromatic rings. The van der Waals surface area contributed by atoms with Gasteiger partial charge in [-0.2, -0.15) is 0 Å². The van der Waals surface area contributed by atoms with E-state index in [0.29, 0.717) is 6.04 Å². The Morgan fingerprint density at radius 1 is 1.30 bits per heavy atom. The van der Waals surface area contributed by atoms with Crippen molar-refractivity contribution in [2.75, 3.05) is 0 Å². The van der Waals surface area contributed by atoms with Crippen molar-refractivity contribution in [3.8, 4) is 0 Å². The van der Waals surface area contributed by atoms with E-state index in [0.717, 1.165) is 15.3 Å². The highest BCUT2D eigenvalue weighted by Crippen LogP contribution is 2.44. The molecule has 3 heterocycles. The van der Waals surface area contributed by atoms with E-state index in [1.54, 1.807) is 11.3 Å². The van der Waals surface area contributed by atoms with Crippen molar-refractivity contribution >= 4 is 44.6 Å². The number of halogens is 1. The van der Waals surface area contributed by atoms with Gasteiger partial charge in [0, 0.05) is 27.0 Å². The Morgan fingerprint density at radius 3 is 2.78 bits per heavy atom. The predicted molar refractivity (Wildman–Crippen MR) is 102 cm³/mol. The molecule has 0 radical (unpaired) electrons. The van der Waals surface area contributed by atoms with Gasteiger partial charge in [0.25, 0.3) is 0 Å². The molecule has 1 saturated heterocycles. The molecule has 2 atom stereocenters. The molecule has 2 fully saturated rings. The molecular weight excluding hydrogens is 390 g/mol. The van der Waals surface area contributed by atoms with Gasteiger partial charge >= 0.3 is 0 Å². The topological polar surface area (TPSA) is 28.2 Å². The molecule has 1 aliphatic carbocycles.